The van der Waals surface area contributed by atoms with Crippen molar-refractivity contribution in [1.29, 1.82) is 0 Å². The highest BCUT2D eigenvalue weighted by molar-refractivity contribution is 7.09. The quantitative estimate of drug-likeness (QED) is 0.670. The zero-order chi connectivity index (χ0) is 15.1. The SMILES string of the molecule is Cc1csc(CCNC(=O)CNC(=O)[C@@H](N)C(C)C)n1. The summed E-state index contributed by atoms with van der Waals surface area (Å²) < 4.78 is 0. The predicted octanol–water partition coefficient (Wildman–Crippen LogP) is 0.210. The fraction of sp³-hybridized carbons (Fsp3) is 0.615. The average molecular weight is 298 g/mol. The minimum atomic E-state index is -0.582. The highest BCUT2D eigenvalue weighted by atomic mass is 32.1. The number of nitrogens with one attached hydrogen (secondary N) is 2. The number of carbonyl (C=O) groups excluding carboxylic acids is 2. The van der Waals surface area contributed by atoms with E-state index >= 15 is 0 Å². The van der Waals surface area contributed by atoms with Crippen LogP contribution in [0.25, 0.3) is 0 Å². The van der Waals surface area contributed by atoms with Crippen LogP contribution in [0, 0.1) is 12.8 Å². The van der Waals surface area contributed by atoms with Crippen LogP contribution in [0.3, 0.4) is 0 Å². The van der Waals surface area contributed by atoms with E-state index in [0.29, 0.717) is 13.0 Å². The van der Waals surface area contributed by atoms with Crippen LogP contribution in [0.4, 0.5) is 0 Å². The topological polar surface area (TPSA) is 97.1 Å². The molecule has 2 amide bonds. The van der Waals surface area contributed by atoms with Crippen molar-refractivity contribution in [1.82, 2.24) is 15.6 Å². The van der Waals surface area contributed by atoms with Crippen LogP contribution in [-0.4, -0.2) is 35.9 Å². The summed E-state index contributed by atoms with van der Waals surface area (Å²) in [5.41, 5.74) is 6.67. The van der Waals surface area contributed by atoms with E-state index in [9.17, 15) is 9.59 Å². The molecule has 112 valence electrons. The van der Waals surface area contributed by atoms with Gasteiger partial charge in [0, 0.05) is 24.0 Å². The van der Waals surface area contributed by atoms with Gasteiger partial charge >= 0.3 is 0 Å². The Morgan fingerprint density at radius 3 is 2.65 bits per heavy atom. The molecule has 1 aromatic rings. The summed E-state index contributed by atoms with van der Waals surface area (Å²) in [5, 5.41) is 8.23. The van der Waals surface area contributed by atoms with E-state index in [1.165, 1.54) is 0 Å². The molecule has 0 aliphatic carbocycles. The molecule has 1 rings (SSSR count). The molecule has 7 heteroatoms. The number of rotatable bonds is 7. The Hall–Kier alpha value is -1.47. The van der Waals surface area contributed by atoms with Crippen molar-refractivity contribution in [2.24, 2.45) is 11.7 Å². The minimum absolute atomic E-state index is 0.0455. The van der Waals surface area contributed by atoms with E-state index in [1.807, 2.05) is 26.2 Å². The Morgan fingerprint density at radius 1 is 1.40 bits per heavy atom. The third kappa shape index (κ3) is 5.66. The molecule has 1 heterocycles. The highest BCUT2D eigenvalue weighted by Crippen LogP contribution is 2.08. The van der Waals surface area contributed by atoms with Crippen LogP contribution in [0.2, 0.25) is 0 Å². The molecule has 0 saturated heterocycles. The van der Waals surface area contributed by atoms with E-state index < -0.39 is 6.04 Å². The largest absolute Gasteiger partial charge is 0.354 e. The third-order valence-corrected chi connectivity index (χ3v) is 3.80. The first kappa shape index (κ1) is 16.6. The summed E-state index contributed by atoms with van der Waals surface area (Å²) in [5.74, 6) is -0.473. The van der Waals surface area contributed by atoms with Crippen LogP contribution in [0.1, 0.15) is 24.5 Å². The lowest BCUT2D eigenvalue weighted by Gasteiger charge is -2.15. The summed E-state index contributed by atoms with van der Waals surface area (Å²) in [6.07, 6.45) is 0.698. The van der Waals surface area contributed by atoms with E-state index in [1.54, 1.807) is 11.3 Å². The Bertz CT molecular complexity index is 459. The number of carbonyl (C=O) groups is 2. The number of nitrogens with zero attached hydrogens (tertiary/aromatic N) is 1. The van der Waals surface area contributed by atoms with Gasteiger partial charge in [0.05, 0.1) is 17.6 Å². The molecule has 0 aromatic carbocycles. The van der Waals surface area contributed by atoms with Gasteiger partial charge in [0.2, 0.25) is 11.8 Å². The zero-order valence-electron chi connectivity index (χ0n) is 12.1. The second-order valence-corrected chi connectivity index (χ2v) is 5.91. The van der Waals surface area contributed by atoms with Gasteiger partial charge in [0.1, 0.15) is 0 Å². The number of hydrogen-bond acceptors (Lipinski definition) is 5. The first-order chi connectivity index (χ1) is 9.40. The van der Waals surface area contributed by atoms with Gasteiger partial charge in [-0.25, -0.2) is 4.98 Å². The normalized spacial score (nSPS) is 12.2. The lowest BCUT2D eigenvalue weighted by molar-refractivity contribution is -0.127. The van der Waals surface area contributed by atoms with Crippen molar-refractivity contribution < 1.29 is 9.59 Å². The molecule has 1 aromatic heterocycles. The van der Waals surface area contributed by atoms with E-state index in [2.05, 4.69) is 15.6 Å². The van der Waals surface area contributed by atoms with Crippen molar-refractivity contribution in [2.75, 3.05) is 13.1 Å². The van der Waals surface area contributed by atoms with Crippen LogP contribution < -0.4 is 16.4 Å². The number of aromatic nitrogens is 1. The van der Waals surface area contributed by atoms with Crippen molar-refractivity contribution in [3.63, 3.8) is 0 Å². The molecule has 0 radical (unpaired) electrons. The highest BCUT2D eigenvalue weighted by Gasteiger charge is 2.17. The van der Waals surface area contributed by atoms with Gasteiger partial charge in [-0.1, -0.05) is 13.8 Å². The number of nitrogens with two attached hydrogens (primary N) is 1. The number of amides is 2. The Kier molecular flexibility index (Phi) is 6.60. The summed E-state index contributed by atoms with van der Waals surface area (Å²) >= 11 is 1.58. The van der Waals surface area contributed by atoms with Gasteiger partial charge in [-0.3, -0.25) is 9.59 Å². The van der Waals surface area contributed by atoms with E-state index in [4.69, 9.17) is 5.73 Å². The molecule has 0 fully saturated rings. The molecule has 1 atom stereocenters. The molecule has 20 heavy (non-hydrogen) atoms. The van der Waals surface area contributed by atoms with Crippen molar-refractivity contribution in [2.45, 2.75) is 33.2 Å². The standard InChI is InChI=1S/C13H22N4O2S/c1-8(2)12(14)13(19)16-6-10(18)15-5-4-11-17-9(3)7-20-11/h7-8,12H,4-6,14H2,1-3H3,(H,15,18)(H,16,19)/t12-/m0/s1. The molecule has 0 unspecified atom stereocenters. The molecular formula is C13H22N4O2S. The molecule has 0 aliphatic heterocycles. The van der Waals surface area contributed by atoms with Gasteiger partial charge < -0.3 is 16.4 Å². The Balaban J connectivity index is 2.19. The van der Waals surface area contributed by atoms with E-state index in [0.717, 1.165) is 10.7 Å². The van der Waals surface area contributed by atoms with Gasteiger partial charge in [0.15, 0.2) is 0 Å². The smallest absolute Gasteiger partial charge is 0.239 e. The van der Waals surface area contributed by atoms with Crippen molar-refractivity contribution >= 4 is 23.2 Å². The van der Waals surface area contributed by atoms with Gasteiger partial charge in [0.25, 0.3) is 0 Å². The van der Waals surface area contributed by atoms with Gasteiger partial charge in [-0.15, -0.1) is 11.3 Å². The molecule has 4 N–H and O–H groups in total. The van der Waals surface area contributed by atoms with Gasteiger partial charge in [-0.05, 0) is 12.8 Å². The van der Waals surface area contributed by atoms with Crippen LogP contribution in [0.5, 0.6) is 0 Å². The Morgan fingerprint density at radius 2 is 2.10 bits per heavy atom. The fourth-order valence-electron chi connectivity index (χ4n) is 1.48. The molecule has 0 bridgehead atoms. The van der Waals surface area contributed by atoms with Crippen LogP contribution >= 0.6 is 11.3 Å². The zero-order valence-corrected chi connectivity index (χ0v) is 12.9. The first-order valence-electron chi connectivity index (χ1n) is 6.61. The van der Waals surface area contributed by atoms with E-state index in [-0.39, 0.29) is 24.3 Å². The second kappa shape index (κ2) is 7.96. The third-order valence-electron chi connectivity index (χ3n) is 2.77. The van der Waals surface area contributed by atoms with Gasteiger partial charge in [-0.2, -0.15) is 0 Å². The maximum Gasteiger partial charge on any atom is 0.239 e. The number of thiazole rings is 1. The van der Waals surface area contributed by atoms with Crippen molar-refractivity contribution in [3.8, 4) is 0 Å². The lowest BCUT2D eigenvalue weighted by Crippen LogP contribution is -2.47. The molecule has 6 nitrogen and oxygen atoms in total. The van der Waals surface area contributed by atoms with Crippen LogP contribution in [-0.2, 0) is 16.0 Å². The summed E-state index contributed by atoms with van der Waals surface area (Å²) in [6.45, 7) is 6.13. The maximum atomic E-state index is 11.6. The number of hydrogen-bond donors (Lipinski definition) is 3. The molecule has 0 aliphatic rings. The number of aryl methyl sites for hydroxylation is 1. The fourth-order valence-corrected chi connectivity index (χ4v) is 2.25. The average Bonchev–Trinajstić information content (AvgIpc) is 2.80. The van der Waals surface area contributed by atoms with Crippen LogP contribution in [0.15, 0.2) is 5.38 Å². The summed E-state index contributed by atoms with van der Waals surface area (Å²) in [7, 11) is 0. The predicted molar refractivity (Wildman–Crippen MR) is 79.4 cm³/mol. The Labute approximate surface area is 123 Å². The van der Waals surface area contributed by atoms with Crippen molar-refractivity contribution in [3.05, 3.63) is 16.1 Å². The monoisotopic (exact) mass is 298 g/mol. The first-order valence-corrected chi connectivity index (χ1v) is 7.49. The maximum absolute atomic E-state index is 11.6. The molecule has 0 saturated carbocycles. The second-order valence-electron chi connectivity index (χ2n) is 4.97. The lowest BCUT2D eigenvalue weighted by atomic mass is 10.1. The molecular weight excluding hydrogens is 276 g/mol. The molecule has 0 spiro atoms. The minimum Gasteiger partial charge on any atom is -0.354 e. The summed E-state index contributed by atoms with van der Waals surface area (Å²) in [6, 6.07) is -0.582. The summed E-state index contributed by atoms with van der Waals surface area (Å²) in [4.78, 5) is 27.4.